The van der Waals surface area contributed by atoms with Crippen LogP contribution in [0.4, 0.5) is 0 Å². The zero-order chi connectivity index (χ0) is 21.9. The van der Waals surface area contributed by atoms with E-state index in [-0.39, 0.29) is 12.5 Å². The van der Waals surface area contributed by atoms with Crippen molar-refractivity contribution in [2.75, 3.05) is 33.2 Å². The molecule has 0 aliphatic carbocycles. The maximum Gasteiger partial charge on any atom is 0.242 e. The van der Waals surface area contributed by atoms with Crippen LogP contribution < -0.4 is 10.6 Å². The van der Waals surface area contributed by atoms with E-state index in [9.17, 15) is 4.79 Å². The molecule has 0 aromatic heterocycles. The Morgan fingerprint density at radius 1 is 1.03 bits per heavy atom. The van der Waals surface area contributed by atoms with Crippen molar-refractivity contribution in [2.24, 2.45) is 4.99 Å². The van der Waals surface area contributed by atoms with Crippen LogP contribution >= 0.6 is 0 Å². The van der Waals surface area contributed by atoms with E-state index in [1.807, 2.05) is 42.2 Å². The highest BCUT2D eigenvalue weighted by Gasteiger charge is 2.20. The molecule has 0 spiro atoms. The third-order valence-corrected chi connectivity index (χ3v) is 5.76. The standard InChI is InChI=1S/C25H35N5O/c1-3-30(20-22-12-8-5-9-13-22)24(31)18-27-25(26-2)28-23-14-16-29(17-15-23)19-21-10-6-4-7-11-21/h4-13,23H,3,14-20H2,1-2H3,(H2,26,27,28). The minimum absolute atomic E-state index is 0.0759. The van der Waals surface area contributed by atoms with Gasteiger partial charge in [0.05, 0.1) is 6.54 Å². The van der Waals surface area contributed by atoms with Gasteiger partial charge < -0.3 is 15.5 Å². The number of guanidine groups is 1. The fourth-order valence-electron chi connectivity index (χ4n) is 3.92. The van der Waals surface area contributed by atoms with Crippen LogP contribution in [0.15, 0.2) is 65.7 Å². The van der Waals surface area contributed by atoms with Gasteiger partial charge in [-0.15, -0.1) is 0 Å². The molecule has 6 heteroatoms. The lowest BCUT2D eigenvalue weighted by Crippen LogP contribution is -2.50. The Morgan fingerprint density at radius 2 is 1.65 bits per heavy atom. The van der Waals surface area contributed by atoms with Gasteiger partial charge in [-0.1, -0.05) is 60.7 Å². The summed E-state index contributed by atoms with van der Waals surface area (Å²) in [6.07, 6.45) is 2.13. The summed E-state index contributed by atoms with van der Waals surface area (Å²) in [4.78, 5) is 21.4. The third kappa shape index (κ3) is 7.40. The molecule has 0 atom stereocenters. The summed E-state index contributed by atoms with van der Waals surface area (Å²) >= 11 is 0. The predicted molar refractivity (Wildman–Crippen MR) is 127 cm³/mol. The van der Waals surface area contributed by atoms with E-state index in [1.54, 1.807) is 7.05 Å². The molecule has 2 aromatic carbocycles. The third-order valence-electron chi connectivity index (χ3n) is 5.76. The summed E-state index contributed by atoms with van der Waals surface area (Å²) in [5.74, 6) is 0.776. The molecule has 0 unspecified atom stereocenters. The number of nitrogens with one attached hydrogen (secondary N) is 2. The van der Waals surface area contributed by atoms with Crippen LogP contribution in [-0.4, -0.2) is 60.9 Å². The first-order valence-electron chi connectivity index (χ1n) is 11.2. The maximum absolute atomic E-state index is 12.7. The van der Waals surface area contributed by atoms with Crippen LogP contribution in [0.5, 0.6) is 0 Å². The Balaban J connectivity index is 1.40. The van der Waals surface area contributed by atoms with Crippen LogP contribution in [0, 0.1) is 0 Å². The van der Waals surface area contributed by atoms with Crippen molar-refractivity contribution in [3.63, 3.8) is 0 Å². The van der Waals surface area contributed by atoms with Crippen LogP contribution in [0.2, 0.25) is 0 Å². The number of hydrogen-bond acceptors (Lipinski definition) is 3. The van der Waals surface area contributed by atoms with Gasteiger partial charge >= 0.3 is 0 Å². The van der Waals surface area contributed by atoms with E-state index in [0.717, 1.165) is 38.0 Å². The number of piperidine rings is 1. The van der Waals surface area contributed by atoms with Gasteiger partial charge in [0, 0.05) is 45.8 Å². The number of carbonyl (C=O) groups is 1. The largest absolute Gasteiger partial charge is 0.354 e. The number of amides is 1. The first-order valence-corrected chi connectivity index (χ1v) is 11.2. The molecular weight excluding hydrogens is 386 g/mol. The molecule has 1 fully saturated rings. The number of carbonyl (C=O) groups excluding carboxylic acids is 1. The summed E-state index contributed by atoms with van der Waals surface area (Å²) < 4.78 is 0. The van der Waals surface area contributed by atoms with Crippen molar-refractivity contribution in [3.05, 3.63) is 71.8 Å². The van der Waals surface area contributed by atoms with Crippen molar-refractivity contribution in [1.29, 1.82) is 0 Å². The molecule has 1 aliphatic heterocycles. The minimum Gasteiger partial charge on any atom is -0.354 e. The van der Waals surface area contributed by atoms with Crippen LogP contribution in [-0.2, 0) is 17.9 Å². The molecule has 166 valence electrons. The van der Waals surface area contributed by atoms with E-state index in [2.05, 4.69) is 50.9 Å². The highest BCUT2D eigenvalue weighted by atomic mass is 16.2. The Bertz CT molecular complexity index is 816. The van der Waals surface area contributed by atoms with Gasteiger partial charge in [0.15, 0.2) is 5.96 Å². The first kappa shape index (κ1) is 22.8. The van der Waals surface area contributed by atoms with Crippen molar-refractivity contribution < 1.29 is 4.79 Å². The molecule has 31 heavy (non-hydrogen) atoms. The average Bonchev–Trinajstić information content (AvgIpc) is 2.82. The zero-order valence-corrected chi connectivity index (χ0v) is 18.8. The highest BCUT2D eigenvalue weighted by molar-refractivity contribution is 5.86. The lowest BCUT2D eigenvalue weighted by Gasteiger charge is -2.33. The fourth-order valence-corrected chi connectivity index (χ4v) is 3.92. The van der Waals surface area contributed by atoms with E-state index in [0.29, 0.717) is 25.1 Å². The highest BCUT2D eigenvalue weighted by Crippen LogP contribution is 2.13. The minimum atomic E-state index is 0.0759. The number of likely N-dealkylation sites (tertiary alicyclic amines) is 1. The van der Waals surface area contributed by atoms with Gasteiger partial charge in [0.2, 0.25) is 5.91 Å². The molecule has 1 saturated heterocycles. The summed E-state index contributed by atoms with van der Waals surface area (Å²) in [5.41, 5.74) is 2.50. The van der Waals surface area contributed by atoms with E-state index in [1.165, 1.54) is 5.56 Å². The van der Waals surface area contributed by atoms with Crippen molar-refractivity contribution in [1.82, 2.24) is 20.4 Å². The number of rotatable bonds is 8. The first-order chi connectivity index (χ1) is 15.2. The Morgan fingerprint density at radius 3 is 2.23 bits per heavy atom. The normalized spacial score (nSPS) is 15.5. The van der Waals surface area contributed by atoms with Gasteiger partial charge in [-0.3, -0.25) is 14.7 Å². The second kappa shape index (κ2) is 12.1. The average molecular weight is 422 g/mol. The predicted octanol–water partition coefficient (Wildman–Crippen LogP) is 2.86. The second-order valence-corrected chi connectivity index (χ2v) is 8.00. The van der Waals surface area contributed by atoms with Crippen LogP contribution in [0.25, 0.3) is 0 Å². The zero-order valence-electron chi connectivity index (χ0n) is 18.8. The lowest BCUT2D eigenvalue weighted by atomic mass is 10.0. The molecule has 1 amide bonds. The maximum atomic E-state index is 12.7. The van der Waals surface area contributed by atoms with E-state index < -0.39 is 0 Å². The topological polar surface area (TPSA) is 60.0 Å². The fraction of sp³-hybridized carbons (Fsp3) is 0.440. The molecule has 3 rings (SSSR count). The molecule has 1 aliphatic rings. The summed E-state index contributed by atoms with van der Waals surface area (Å²) in [6.45, 7) is 6.69. The summed E-state index contributed by atoms with van der Waals surface area (Å²) in [6, 6.07) is 21.1. The number of likely N-dealkylation sites (N-methyl/N-ethyl adjacent to an activating group) is 1. The van der Waals surface area contributed by atoms with Gasteiger partial charge in [-0.25, -0.2) is 0 Å². The smallest absolute Gasteiger partial charge is 0.242 e. The second-order valence-electron chi connectivity index (χ2n) is 8.00. The molecule has 1 heterocycles. The molecule has 0 saturated carbocycles. The lowest BCUT2D eigenvalue weighted by molar-refractivity contribution is -0.130. The van der Waals surface area contributed by atoms with E-state index >= 15 is 0 Å². The summed E-state index contributed by atoms with van der Waals surface area (Å²) in [7, 11) is 1.76. The van der Waals surface area contributed by atoms with Crippen molar-refractivity contribution in [3.8, 4) is 0 Å². The van der Waals surface area contributed by atoms with Crippen LogP contribution in [0.1, 0.15) is 30.9 Å². The van der Waals surface area contributed by atoms with Crippen LogP contribution in [0.3, 0.4) is 0 Å². The van der Waals surface area contributed by atoms with Gasteiger partial charge in [-0.05, 0) is 30.9 Å². The van der Waals surface area contributed by atoms with E-state index in [4.69, 9.17) is 0 Å². The number of aliphatic imine (C=N–C) groups is 1. The SMILES string of the molecule is CCN(Cc1ccccc1)C(=O)CNC(=NC)NC1CCN(Cc2ccccc2)CC1. The molecule has 0 radical (unpaired) electrons. The van der Waals surface area contributed by atoms with Crippen molar-refractivity contribution in [2.45, 2.75) is 38.9 Å². The van der Waals surface area contributed by atoms with Gasteiger partial charge in [0.25, 0.3) is 0 Å². The molecule has 6 nitrogen and oxygen atoms in total. The Kier molecular flexibility index (Phi) is 8.91. The number of hydrogen-bond donors (Lipinski definition) is 2. The van der Waals surface area contributed by atoms with Gasteiger partial charge in [0.1, 0.15) is 0 Å². The molecule has 2 aromatic rings. The van der Waals surface area contributed by atoms with Gasteiger partial charge in [-0.2, -0.15) is 0 Å². The number of nitrogens with zero attached hydrogens (tertiary/aromatic N) is 3. The molecular formula is C25H35N5O. The molecule has 2 N–H and O–H groups in total. The number of benzene rings is 2. The monoisotopic (exact) mass is 421 g/mol. The Hall–Kier alpha value is -2.86. The molecule has 0 bridgehead atoms. The quantitative estimate of drug-likeness (QED) is 0.508. The summed E-state index contributed by atoms with van der Waals surface area (Å²) in [5, 5.41) is 6.70. The Labute approximate surface area is 186 Å². The van der Waals surface area contributed by atoms with Crippen molar-refractivity contribution >= 4 is 11.9 Å².